The van der Waals surface area contributed by atoms with Gasteiger partial charge in [0.2, 0.25) is 0 Å². The van der Waals surface area contributed by atoms with Gasteiger partial charge in [-0.1, -0.05) is 54.8 Å². The second-order valence-electron chi connectivity index (χ2n) is 6.36. The van der Waals surface area contributed by atoms with Crippen molar-refractivity contribution in [3.05, 3.63) is 64.7 Å². The van der Waals surface area contributed by atoms with Crippen molar-refractivity contribution in [2.45, 2.75) is 38.6 Å². The van der Waals surface area contributed by atoms with Crippen LogP contribution in [0.5, 0.6) is 0 Å². The SMILES string of the molecule is Cc1ccccc1NC(=O)N1CCCCC[C@H]1c1ccc(Cl)cc1. The fourth-order valence-corrected chi connectivity index (χ4v) is 3.41. The Morgan fingerprint density at radius 2 is 1.83 bits per heavy atom. The maximum atomic E-state index is 12.9. The summed E-state index contributed by atoms with van der Waals surface area (Å²) < 4.78 is 0. The number of hydrogen-bond donors (Lipinski definition) is 1. The molecule has 3 rings (SSSR count). The first kappa shape index (κ1) is 16.8. The molecule has 1 N–H and O–H groups in total. The van der Waals surface area contributed by atoms with E-state index in [1.54, 1.807) is 0 Å². The lowest BCUT2D eigenvalue weighted by molar-refractivity contribution is 0.189. The van der Waals surface area contributed by atoms with Gasteiger partial charge in [0.15, 0.2) is 0 Å². The van der Waals surface area contributed by atoms with Crippen LogP contribution in [-0.4, -0.2) is 17.5 Å². The van der Waals surface area contributed by atoms with Gasteiger partial charge in [0.25, 0.3) is 0 Å². The van der Waals surface area contributed by atoms with Crippen molar-refractivity contribution in [2.24, 2.45) is 0 Å². The molecular formula is C20H23ClN2O. The molecule has 0 spiro atoms. The monoisotopic (exact) mass is 342 g/mol. The maximum Gasteiger partial charge on any atom is 0.322 e. The third kappa shape index (κ3) is 3.90. The smallest absolute Gasteiger partial charge is 0.317 e. The van der Waals surface area contributed by atoms with Gasteiger partial charge < -0.3 is 10.2 Å². The normalized spacial score (nSPS) is 18.1. The maximum absolute atomic E-state index is 12.9. The van der Waals surface area contributed by atoms with E-state index in [1.807, 2.05) is 60.4 Å². The highest BCUT2D eigenvalue weighted by Crippen LogP contribution is 2.31. The van der Waals surface area contributed by atoms with Gasteiger partial charge in [-0.3, -0.25) is 0 Å². The Bertz CT molecular complexity index is 699. The quantitative estimate of drug-likeness (QED) is 0.735. The number of nitrogens with one attached hydrogen (secondary N) is 1. The summed E-state index contributed by atoms with van der Waals surface area (Å²) in [5, 5.41) is 3.81. The van der Waals surface area contributed by atoms with Gasteiger partial charge in [0.1, 0.15) is 0 Å². The number of anilines is 1. The lowest BCUT2D eigenvalue weighted by Crippen LogP contribution is -2.38. The minimum Gasteiger partial charge on any atom is -0.317 e. The van der Waals surface area contributed by atoms with Crippen LogP contribution in [0.15, 0.2) is 48.5 Å². The molecule has 1 aliphatic heterocycles. The van der Waals surface area contributed by atoms with E-state index in [1.165, 1.54) is 0 Å². The number of carbonyl (C=O) groups excluding carboxylic acids is 1. The summed E-state index contributed by atoms with van der Waals surface area (Å²) in [4.78, 5) is 14.9. The summed E-state index contributed by atoms with van der Waals surface area (Å²) in [6, 6.07) is 15.8. The van der Waals surface area contributed by atoms with Crippen LogP contribution in [0.25, 0.3) is 0 Å². The highest BCUT2D eigenvalue weighted by molar-refractivity contribution is 6.30. The van der Waals surface area contributed by atoms with Crippen LogP contribution in [0.1, 0.15) is 42.9 Å². The van der Waals surface area contributed by atoms with E-state index in [-0.39, 0.29) is 12.1 Å². The van der Waals surface area contributed by atoms with Crippen LogP contribution >= 0.6 is 11.6 Å². The first-order valence-corrected chi connectivity index (χ1v) is 8.91. The topological polar surface area (TPSA) is 32.3 Å². The third-order valence-corrected chi connectivity index (χ3v) is 4.91. The van der Waals surface area contributed by atoms with Crippen LogP contribution in [0.4, 0.5) is 10.5 Å². The van der Waals surface area contributed by atoms with Crippen molar-refractivity contribution >= 4 is 23.3 Å². The van der Waals surface area contributed by atoms with Crippen LogP contribution in [-0.2, 0) is 0 Å². The molecule has 1 aliphatic rings. The number of likely N-dealkylation sites (tertiary alicyclic amines) is 1. The molecule has 1 saturated heterocycles. The molecule has 0 bridgehead atoms. The molecular weight excluding hydrogens is 320 g/mol. The molecule has 0 saturated carbocycles. The molecule has 1 heterocycles. The van der Waals surface area contributed by atoms with E-state index in [2.05, 4.69) is 5.32 Å². The number of amides is 2. The average Bonchev–Trinajstić information content (AvgIpc) is 2.84. The van der Waals surface area contributed by atoms with Crippen LogP contribution in [0.2, 0.25) is 5.02 Å². The van der Waals surface area contributed by atoms with E-state index in [9.17, 15) is 4.79 Å². The summed E-state index contributed by atoms with van der Waals surface area (Å²) in [6.45, 7) is 2.79. The Hall–Kier alpha value is -2.00. The second kappa shape index (κ2) is 7.71. The number of para-hydroxylation sites is 1. The van der Waals surface area contributed by atoms with E-state index < -0.39 is 0 Å². The minimum absolute atomic E-state index is 0.0221. The zero-order valence-corrected chi connectivity index (χ0v) is 14.7. The number of halogens is 1. The molecule has 126 valence electrons. The highest BCUT2D eigenvalue weighted by Gasteiger charge is 2.27. The largest absolute Gasteiger partial charge is 0.322 e. The van der Waals surface area contributed by atoms with Gasteiger partial charge in [-0.2, -0.15) is 0 Å². The fourth-order valence-electron chi connectivity index (χ4n) is 3.28. The number of urea groups is 1. The summed E-state index contributed by atoms with van der Waals surface area (Å²) in [7, 11) is 0. The van der Waals surface area contributed by atoms with E-state index >= 15 is 0 Å². The predicted octanol–water partition coefficient (Wildman–Crippen LogP) is 5.80. The molecule has 0 radical (unpaired) electrons. The van der Waals surface area contributed by atoms with Crippen molar-refractivity contribution in [1.29, 1.82) is 0 Å². The van der Waals surface area contributed by atoms with E-state index in [4.69, 9.17) is 11.6 Å². The van der Waals surface area contributed by atoms with Crippen LogP contribution in [0, 0.1) is 6.92 Å². The Kier molecular flexibility index (Phi) is 5.41. The molecule has 2 aromatic rings. The lowest BCUT2D eigenvalue weighted by Gasteiger charge is -2.31. The molecule has 0 aromatic heterocycles. The number of rotatable bonds is 2. The lowest BCUT2D eigenvalue weighted by atomic mass is 10.0. The Morgan fingerprint density at radius 3 is 2.58 bits per heavy atom. The molecule has 24 heavy (non-hydrogen) atoms. The Morgan fingerprint density at radius 1 is 1.08 bits per heavy atom. The molecule has 4 heteroatoms. The molecule has 2 amide bonds. The van der Waals surface area contributed by atoms with Crippen molar-refractivity contribution in [2.75, 3.05) is 11.9 Å². The molecule has 3 nitrogen and oxygen atoms in total. The number of aryl methyl sites for hydroxylation is 1. The minimum atomic E-state index is -0.0221. The van der Waals surface area contributed by atoms with E-state index in [0.717, 1.165) is 54.1 Å². The van der Waals surface area contributed by atoms with Gasteiger partial charge >= 0.3 is 6.03 Å². The third-order valence-electron chi connectivity index (χ3n) is 4.66. The van der Waals surface area contributed by atoms with Crippen molar-refractivity contribution in [3.8, 4) is 0 Å². The van der Waals surface area contributed by atoms with Crippen LogP contribution in [0.3, 0.4) is 0 Å². The first-order chi connectivity index (χ1) is 11.6. The Balaban J connectivity index is 1.82. The zero-order chi connectivity index (χ0) is 16.9. The standard InChI is InChI=1S/C20H23ClN2O/c1-15-7-4-5-8-18(15)22-20(24)23-14-6-2-3-9-19(23)16-10-12-17(21)13-11-16/h4-5,7-8,10-13,19H,2-3,6,9,14H2,1H3,(H,22,24)/t19-/m0/s1. The molecule has 0 unspecified atom stereocenters. The van der Waals surface area contributed by atoms with Crippen molar-refractivity contribution < 1.29 is 4.79 Å². The van der Waals surface area contributed by atoms with Gasteiger partial charge in [0, 0.05) is 17.3 Å². The van der Waals surface area contributed by atoms with Crippen molar-refractivity contribution in [1.82, 2.24) is 4.90 Å². The molecule has 0 aliphatic carbocycles. The number of nitrogens with zero attached hydrogens (tertiary/aromatic N) is 1. The molecule has 1 fully saturated rings. The first-order valence-electron chi connectivity index (χ1n) is 8.54. The van der Waals surface area contributed by atoms with Crippen LogP contribution < -0.4 is 5.32 Å². The van der Waals surface area contributed by atoms with Gasteiger partial charge in [-0.15, -0.1) is 0 Å². The number of carbonyl (C=O) groups is 1. The predicted molar refractivity (Wildman–Crippen MR) is 99.6 cm³/mol. The van der Waals surface area contributed by atoms with Crippen molar-refractivity contribution in [3.63, 3.8) is 0 Å². The molecule has 2 aromatic carbocycles. The fraction of sp³-hybridized carbons (Fsp3) is 0.350. The Labute approximate surface area is 148 Å². The second-order valence-corrected chi connectivity index (χ2v) is 6.79. The highest BCUT2D eigenvalue weighted by atomic mass is 35.5. The molecule has 1 atom stereocenters. The van der Waals surface area contributed by atoms with Gasteiger partial charge in [-0.25, -0.2) is 4.79 Å². The summed E-state index contributed by atoms with van der Waals surface area (Å²) in [5.74, 6) is 0. The number of hydrogen-bond acceptors (Lipinski definition) is 1. The average molecular weight is 343 g/mol. The number of benzene rings is 2. The van der Waals surface area contributed by atoms with Gasteiger partial charge in [0.05, 0.1) is 6.04 Å². The van der Waals surface area contributed by atoms with Gasteiger partial charge in [-0.05, 0) is 49.1 Å². The summed E-state index contributed by atoms with van der Waals surface area (Å²) >= 11 is 6.01. The van der Waals surface area contributed by atoms with E-state index in [0.29, 0.717) is 0 Å². The zero-order valence-electron chi connectivity index (χ0n) is 14.0. The summed E-state index contributed by atoms with van der Waals surface area (Å²) in [5.41, 5.74) is 3.10. The summed E-state index contributed by atoms with van der Waals surface area (Å²) in [6.07, 6.45) is 4.34.